The molecule has 2 heteroatoms. The molecule has 0 atom stereocenters. The quantitative estimate of drug-likeness (QED) is 0.240. The second-order valence-electron chi connectivity index (χ2n) is 6.36. The Morgan fingerprint density at radius 3 is 2.11 bits per heavy atom. The Morgan fingerprint density at radius 2 is 1.44 bits per heavy atom. The molecule has 0 bridgehead atoms. The lowest BCUT2D eigenvalue weighted by molar-refractivity contribution is 0.104. The summed E-state index contributed by atoms with van der Waals surface area (Å²) in [6.07, 6.45) is 3.57. The highest BCUT2D eigenvalue weighted by molar-refractivity contribution is 6.12. The van der Waals surface area contributed by atoms with Crippen molar-refractivity contribution in [3.05, 3.63) is 96.1 Å². The molecule has 0 heterocycles. The van der Waals surface area contributed by atoms with Gasteiger partial charge in [0.2, 0.25) is 0 Å². The molecule has 0 unspecified atom stereocenters. The number of carbonyl (C=O) groups excluding carboxylic acids is 1. The van der Waals surface area contributed by atoms with E-state index in [4.69, 9.17) is 4.74 Å². The van der Waals surface area contributed by atoms with Crippen LogP contribution >= 0.6 is 0 Å². The first-order valence-corrected chi connectivity index (χ1v) is 9.12. The van der Waals surface area contributed by atoms with E-state index in [1.54, 1.807) is 12.1 Å². The van der Waals surface area contributed by atoms with Crippen molar-refractivity contribution in [1.29, 1.82) is 0 Å². The summed E-state index contributed by atoms with van der Waals surface area (Å²) in [7, 11) is 0. The van der Waals surface area contributed by atoms with Crippen LogP contribution in [0.15, 0.2) is 84.9 Å². The predicted molar refractivity (Wildman–Crippen MR) is 112 cm³/mol. The molecule has 0 N–H and O–H groups in total. The Labute approximate surface area is 158 Å². The van der Waals surface area contributed by atoms with E-state index in [1.807, 2.05) is 55.5 Å². The van der Waals surface area contributed by atoms with Crippen LogP contribution in [-0.4, -0.2) is 12.4 Å². The molecular weight excluding hydrogens is 332 g/mol. The molecule has 4 rings (SSSR count). The summed E-state index contributed by atoms with van der Waals surface area (Å²) in [6.45, 7) is 2.45. The van der Waals surface area contributed by atoms with Gasteiger partial charge in [0.15, 0.2) is 5.78 Å². The fourth-order valence-electron chi connectivity index (χ4n) is 3.43. The van der Waals surface area contributed by atoms with Crippen LogP contribution in [0.5, 0.6) is 5.75 Å². The zero-order valence-corrected chi connectivity index (χ0v) is 15.2. The number of ketones is 1. The number of rotatable bonds is 5. The Morgan fingerprint density at radius 1 is 0.852 bits per heavy atom. The van der Waals surface area contributed by atoms with Crippen LogP contribution in [0.2, 0.25) is 0 Å². The minimum Gasteiger partial charge on any atom is -0.493 e. The molecule has 0 fully saturated rings. The van der Waals surface area contributed by atoms with Gasteiger partial charge >= 0.3 is 0 Å². The third-order valence-corrected chi connectivity index (χ3v) is 4.67. The Bertz CT molecular complexity index is 1100. The van der Waals surface area contributed by atoms with E-state index in [1.165, 1.54) is 0 Å². The maximum absolute atomic E-state index is 12.8. The summed E-state index contributed by atoms with van der Waals surface area (Å²) in [5.74, 6) is 0.563. The lowest BCUT2D eigenvalue weighted by Crippen LogP contribution is -2.01. The molecule has 0 spiro atoms. The van der Waals surface area contributed by atoms with Crippen molar-refractivity contribution < 1.29 is 9.53 Å². The lowest BCUT2D eigenvalue weighted by Gasteiger charge is -2.09. The van der Waals surface area contributed by atoms with Gasteiger partial charge < -0.3 is 4.74 Å². The van der Waals surface area contributed by atoms with Crippen molar-refractivity contribution in [2.45, 2.75) is 6.92 Å². The molecular formula is C25H20O2. The van der Waals surface area contributed by atoms with E-state index in [0.717, 1.165) is 27.1 Å². The fourth-order valence-corrected chi connectivity index (χ4v) is 3.43. The van der Waals surface area contributed by atoms with Crippen LogP contribution in [0.1, 0.15) is 22.8 Å². The number of hydrogen-bond acceptors (Lipinski definition) is 2. The van der Waals surface area contributed by atoms with Crippen LogP contribution in [0.4, 0.5) is 0 Å². The van der Waals surface area contributed by atoms with Crippen LogP contribution in [-0.2, 0) is 0 Å². The molecule has 0 aliphatic heterocycles. The van der Waals surface area contributed by atoms with Crippen LogP contribution < -0.4 is 4.74 Å². The van der Waals surface area contributed by atoms with Gasteiger partial charge in [0.1, 0.15) is 5.75 Å². The molecule has 0 aliphatic carbocycles. The molecule has 0 amide bonds. The second-order valence-corrected chi connectivity index (χ2v) is 6.36. The molecule has 27 heavy (non-hydrogen) atoms. The molecule has 0 saturated heterocycles. The first-order valence-electron chi connectivity index (χ1n) is 9.12. The van der Waals surface area contributed by atoms with Gasteiger partial charge in [-0.2, -0.15) is 0 Å². The summed E-state index contributed by atoms with van der Waals surface area (Å²) in [4.78, 5) is 12.8. The summed E-state index contributed by atoms with van der Waals surface area (Å²) in [6, 6.07) is 26.1. The number of fused-ring (bicyclic) bond motifs is 2. The molecule has 0 radical (unpaired) electrons. The van der Waals surface area contributed by atoms with Crippen LogP contribution in [0.25, 0.3) is 27.6 Å². The van der Waals surface area contributed by atoms with Crippen molar-refractivity contribution >= 4 is 33.4 Å². The minimum atomic E-state index is -0.0592. The Hall–Kier alpha value is -3.39. The average molecular weight is 352 g/mol. The Balaban J connectivity index is 1.82. The topological polar surface area (TPSA) is 26.3 Å². The molecule has 4 aromatic rings. The highest BCUT2D eigenvalue weighted by Gasteiger charge is 2.10. The maximum Gasteiger partial charge on any atom is 0.189 e. The predicted octanol–water partition coefficient (Wildman–Crippen LogP) is 6.29. The number of hydrogen-bond donors (Lipinski definition) is 0. The molecule has 0 aliphatic rings. The van der Waals surface area contributed by atoms with Crippen molar-refractivity contribution in [3.63, 3.8) is 0 Å². The zero-order chi connectivity index (χ0) is 18.6. The SMILES string of the molecule is CCOc1ccccc1C(=O)/C=C/c1c2ccccc2cc2ccccc12. The van der Waals surface area contributed by atoms with Gasteiger partial charge in [-0.05, 0) is 64.4 Å². The largest absolute Gasteiger partial charge is 0.493 e. The van der Waals surface area contributed by atoms with E-state index >= 15 is 0 Å². The summed E-state index contributed by atoms with van der Waals surface area (Å²) in [5, 5.41) is 4.60. The van der Waals surface area contributed by atoms with E-state index < -0.39 is 0 Å². The van der Waals surface area contributed by atoms with Crippen LogP contribution in [0.3, 0.4) is 0 Å². The Kier molecular flexibility index (Phi) is 4.71. The van der Waals surface area contributed by atoms with Gasteiger partial charge in [-0.3, -0.25) is 4.79 Å². The number of carbonyl (C=O) groups is 1. The summed E-state index contributed by atoms with van der Waals surface area (Å²) < 4.78 is 5.60. The molecule has 4 aromatic carbocycles. The minimum absolute atomic E-state index is 0.0592. The van der Waals surface area contributed by atoms with E-state index in [2.05, 4.69) is 30.3 Å². The normalized spacial score (nSPS) is 11.3. The van der Waals surface area contributed by atoms with Crippen molar-refractivity contribution in [3.8, 4) is 5.75 Å². The van der Waals surface area contributed by atoms with Gasteiger partial charge in [-0.15, -0.1) is 0 Å². The smallest absolute Gasteiger partial charge is 0.189 e. The monoisotopic (exact) mass is 352 g/mol. The maximum atomic E-state index is 12.8. The van der Waals surface area contributed by atoms with Crippen molar-refractivity contribution in [2.75, 3.05) is 6.61 Å². The molecule has 0 saturated carbocycles. The number of benzene rings is 4. The van der Waals surface area contributed by atoms with Gasteiger partial charge in [0.05, 0.1) is 12.2 Å². The van der Waals surface area contributed by atoms with Crippen molar-refractivity contribution in [1.82, 2.24) is 0 Å². The molecule has 132 valence electrons. The highest BCUT2D eigenvalue weighted by atomic mass is 16.5. The first-order chi connectivity index (χ1) is 13.3. The number of ether oxygens (including phenoxy) is 1. The third kappa shape index (κ3) is 3.34. The second kappa shape index (κ2) is 7.46. The van der Waals surface area contributed by atoms with Gasteiger partial charge in [-0.1, -0.05) is 60.7 Å². The van der Waals surface area contributed by atoms with Crippen LogP contribution in [0, 0.1) is 0 Å². The van der Waals surface area contributed by atoms with E-state index in [9.17, 15) is 4.79 Å². The van der Waals surface area contributed by atoms with Gasteiger partial charge in [0.25, 0.3) is 0 Å². The summed E-state index contributed by atoms with van der Waals surface area (Å²) >= 11 is 0. The van der Waals surface area contributed by atoms with Gasteiger partial charge in [0, 0.05) is 0 Å². The highest BCUT2D eigenvalue weighted by Crippen LogP contribution is 2.30. The average Bonchev–Trinajstić information content (AvgIpc) is 2.71. The molecule has 0 aromatic heterocycles. The van der Waals surface area contributed by atoms with Crippen molar-refractivity contribution in [2.24, 2.45) is 0 Å². The molecule has 2 nitrogen and oxygen atoms in total. The van der Waals surface area contributed by atoms with Gasteiger partial charge in [-0.25, -0.2) is 0 Å². The lowest BCUT2D eigenvalue weighted by atomic mass is 9.96. The fraction of sp³-hybridized carbons (Fsp3) is 0.0800. The third-order valence-electron chi connectivity index (χ3n) is 4.67. The first kappa shape index (κ1) is 17.0. The van der Waals surface area contributed by atoms with E-state index in [0.29, 0.717) is 17.9 Å². The summed E-state index contributed by atoms with van der Waals surface area (Å²) in [5.41, 5.74) is 1.64. The van der Waals surface area contributed by atoms with E-state index in [-0.39, 0.29) is 5.78 Å². The zero-order valence-electron chi connectivity index (χ0n) is 15.2. The number of para-hydroxylation sites is 1. The standard InChI is InChI=1S/C25H20O2/c1-2-27-25-14-8-7-13-23(25)24(26)16-15-22-20-11-5-3-9-18(20)17-19-10-4-6-12-21(19)22/h3-17H,2H2,1H3/b16-15+. The number of allylic oxidation sites excluding steroid dienone is 1.